The number of pyridine rings is 1. The number of H-pyrrole nitrogens is 2. The van der Waals surface area contributed by atoms with Crippen molar-refractivity contribution in [2.45, 2.75) is 18.8 Å². The van der Waals surface area contributed by atoms with Crippen LogP contribution in [0.15, 0.2) is 47.7 Å². The summed E-state index contributed by atoms with van der Waals surface area (Å²) in [5.41, 5.74) is 2.46. The molecule has 0 saturated carbocycles. The van der Waals surface area contributed by atoms with Crippen LogP contribution in [0.1, 0.15) is 34.9 Å². The van der Waals surface area contributed by atoms with Crippen LogP contribution >= 0.6 is 0 Å². The van der Waals surface area contributed by atoms with Crippen molar-refractivity contribution < 1.29 is 4.79 Å². The van der Waals surface area contributed by atoms with Gasteiger partial charge in [0.2, 0.25) is 0 Å². The molecule has 4 heterocycles. The topological polar surface area (TPSA) is 108 Å². The number of carbonyl (C=O) groups is 1. The summed E-state index contributed by atoms with van der Waals surface area (Å²) >= 11 is 0. The van der Waals surface area contributed by atoms with Crippen molar-refractivity contribution in [1.82, 2.24) is 30.0 Å². The lowest BCUT2D eigenvalue weighted by atomic mass is 9.94. The third-order valence-corrected chi connectivity index (χ3v) is 4.61. The Kier molecular flexibility index (Phi) is 4.30. The minimum atomic E-state index is -0.361. The number of nitrogens with one attached hydrogen (secondary N) is 2. The Morgan fingerprint density at radius 2 is 2.19 bits per heavy atom. The van der Waals surface area contributed by atoms with E-state index in [4.69, 9.17) is 0 Å². The molecule has 1 fully saturated rings. The Bertz CT molecular complexity index is 965. The Morgan fingerprint density at radius 1 is 1.27 bits per heavy atom. The van der Waals surface area contributed by atoms with Gasteiger partial charge < -0.3 is 9.88 Å². The van der Waals surface area contributed by atoms with E-state index in [2.05, 4.69) is 25.1 Å². The van der Waals surface area contributed by atoms with Gasteiger partial charge in [-0.15, -0.1) is 0 Å². The average Bonchev–Trinajstić information content (AvgIpc) is 3.18. The number of hydrogen-bond acceptors (Lipinski definition) is 5. The lowest BCUT2D eigenvalue weighted by molar-refractivity contribution is 0.0700. The monoisotopic (exact) mass is 350 g/mol. The van der Waals surface area contributed by atoms with E-state index in [-0.39, 0.29) is 17.5 Å². The Morgan fingerprint density at radius 3 is 3.00 bits per heavy atom. The zero-order chi connectivity index (χ0) is 17.9. The lowest BCUT2D eigenvalue weighted by Gasteiger charge is -2.32. The van der Waals surface area contributed by atoms with Crippen LogP contribution in [0.3, 0.4) is 0 Å². The second kappa shape index (κ2) is 6.91. The summed E-state index contributed by atoms with van der Waals surface area (Å²) in [6.45, 7) is 1.24. The van der Waals surface area contributed by atoms with Crippen LogP contribution in [0.2, 0.25) is 0 Å². The summed E-state index contributed by atoms with van der Waals surface area (Å²) in [4.78, 5) is 36.6. The maximum Gasteiger partial charge on any atom is 0.345 e. The molecule has 0 aromatic carbocycles. The molecule has 0 bridgehead atoms. The predicted octanol–water partition coefficient (Wildman–Crippen LogP) is 1.57. The van der Waals surface area contributed by atoms with Gasteiger partial charge in [-0.2, -0.15) is 5.10 Å². The Balaban J connectivity index is 1.51. The van der Waals surface area contributed by atoms with E-state index < -0.39 is 0 Å². The van der Waals surface area contributed by atoms with Crippen molar-refractivity contribution in [3.63, 3.8) is 0 Å². The van der Waals surface area contributed by atoms with E-state index in [1.54, 1.807) is 29.4 Å². The van der Waals surface area contributed by atoms with Gasteiger partial charge in [-0.3, -0.25) is 14.9 Å². The van der Waals surface area contributed by atoms with Gasteiger partial charge in [-0.05, 0) is 37.1 Å². The number of carbonyl (C=O) groups excluding carboxylic acids is 1. The summed E-state index contributed by atoms with van der Waals surface area (Å²) in [7, 11) is 0. The predicted molar refractivity (Wildman–Crippen MR) is 94.6 cm³/mol. The quantitative estimate of drug-likeness (QED) is 0.745. The van der Waals surface area contributed by atoms with Gasteiger partial charge in [0.15, 0.2) is 0 Å². The first-order valence-electron chi connectivity index (χ1n) is 8.51. The van der Waals surface area contributed by atoms with Crippen LogP contribution in [0.25, 0.3) is 11.3 Å². The minimum Gasteiger partial charge on any atom is -0.337 e. The molecule has 4 rings (SSSR count). The molecule has 26 heavy (non-hydrogen) atoms. The third kappa shape index (κ3) is 3.26. The molecule has 1 saturated heterocycles. The smallest absolute Gasteiger partial charge is 0.337 e. The zero-order valence-corrected chi connectivity index (χ0v) is 14.1. The highest BCUT2D eigenvalue weighted by Gasteiger charge is 2.27. The average molecular weight is 350 g/mol. The molecule has 0 radical (unpaired) electrons. The standard InChI is InChI=1S/C18H18N6O2/c25-17(16-9-15(22-23-16)12-3-1-6-19-10-12)24-8-2-4-13(11-24)14-5-7-20-18(26)21-14/h1,3,5-7,9-10,13H,2,4,8,11H2,(H,22,23)(H,20,21,26). The van der Waals surface area contributed by atoms with E-state index in [0.29, 0.717) is 24.5 Å². The van der Waals surface area contributed by atoms with Gasteiger partial charge in [-0.25, -0.2) is 9.78 Å². The number of aromatic amines is 2. The third-order valence-electron chi connectivity index (χ3n) is 4.61. The Labute approximate surface area is 149 Å². The van der Waals surface area contributed by atoms with Crippen molar-refractivity contribution >= 4 is 5.91 Å². The highest BCUT2D eigenvalue weighted by molar-refractivity contribution is 5.93. The van der Waals surface area contributed by atoms with Gasteiger partial charge in [0.25, 0.3) is 5.91 Å². The summed E-state index contributed by atoms with van der Waals surface area (Å²) in [6, 6.07) is 7.28. The molecule has 2 N–H and O–H groups in total. The molecule has 8 nitrogen and oxygen atoms in total. The van der Waals surface area contributed by atoms with Crippen molar-refractivity contribution in [2.75, 3.05) is 13.1 Å². The minimum absolute atomic E-state index is 0.0891. The van der Waals surface area contributed by atoms with Crippen molar-refractivity contribution in [1.29, 1.82) is 0 Å². The molecule has 8 heteroatoms. The molecule has 3 aromatic heterocycles. The maximum atomic E-state index is 12.8. The molecule has 1 aliphatic rings. The maximum absolute atomic E-state index is 12.8. The van der Waals surface area contributed by atoms with Gasteiger partial charge >= 0.3 is 5.69 Å². The number of rotatable bonds is 3. The number of likely N-dealkylation sites (tertiary alicyclic amines) is 1. The van der Waals surface area contributed by atoms with Crippen LogP contribution in [0.5, 0.6) is 0 Å². The van der Waals surface area contributed by atoms with E-state index in [1.165, 1.54) is 6.20 Å². The summed E-state index contributed by atoms with van der Waals surface area (Å²) in [6.07, 6.45) is 6.71. The lowest BCUT2D eigenvalue weighted by Crippen LogP contribution is -2.39. The van der Waals surface area contributed by atoms with Gasteiger partial charge in [0.1, 0.15) is 5.69 Å². The van der Waals surface area contributed by atoms with E-state index in [0.717, 1.165) is 24.1 Å². The van der Waals surface area contributed by atoms with Gasteiger partial charge in [0, 0.05) is 48.9 Å². The van der Waals surface area contributed by atoms with Gasteiger partial charge in [-0.1, -0.05) is 0 Å². The number of nitrogens with zero attached hydrogens (tertiary/aromatic N) is 4. The molecule has 1 atom stereocenters. The first-order chi connectivity index (χ1) is 12.7. The van der Waals surface area contributed by atoms with Gasteiger partial charge in [0.05, 0.1) is 5.69 Å². The molecule has 0 spiro atoms. The molecule has 1 aliphatic heterocycles. The van der Waals surface area contributed by atoms with Crippen LogP contribution in [0.4, 0.5) is 0 Å². The molecule has 1 unspecified atom stereocenters. The number of aromatic nitrogens is 5. The number of amides is 1. The molecule has 0 aliphatic carbocycles. The molecule has 1 amide bonds. The first kappa shape index (κ1) is 16.2. The summed E-state index contributed by atoms with van der Waals surface area (Å²) in [5, 5.41) is 7.05. The summed E-state index contributed by atoms with van der Waals surface area (Å²) in [5.74, 6) is 0.0119. The fraction of sp³-hybridized carbons (Fsp3) is 0.278. The van der Waals surface area contributed by atoms with Crippen LogP contribution in [0, 0.1) is 0 Å². The SMILES string of the molecule is O=C(c1cc(-c2cccnc2)n[nH]1)N1CCCC(c2ccnc(=O)[nH]2)C1. The van der Waals surface area contributed by atoms with Crippen molar-refractivity contribution in [2.24, 2.45) is 0 Å². The van der Waals surface area contributed by atoms with Crippen LogP contribution < -0.4 is 5.69 Å². The number of hydrogen-bond donors (Lipinski definition) is 2. The van der Waals surface area contributed by atoms with Crippen LogP contribution in [-0.2, 0) is 0 Å². The Hall–Kier alpha value is -3.29. The second-order valence-electron chi connectivity index (χ2n) is 6.33. The highest BCUT2D eigenvalue weighted by Crippen LogP contribution is 2.26. The van der Waals surface area contributed by atoms with Crippen molar-refractivity contribution in [3.05, 3.63) is 64.7 Å². The highest BCUT2D eigenvalue weighted by atomic mass is 16.2. The zero-order valence-electron chi connectivity index (χ0n) is 14.1. The number of piperidine rings is 1. The van der Waals surface area contributed by atoms with Crippen LogP contribution in [-0.4, -0.2) is 49.0 Å². The van der Waals surface area contributed by atoms with Crippen molar-refractivity contribution in [3.8, 4) is 11.3 Å². The fourth-order valence-corrected chi connectivity index (χ4v) is 3.30. The first-order valence-corrected chi connectivity index (χ1v) is 8.51. The summed E-state index contributed by atoms with van der Waals surface area (Å²) < 4.78 is 0. The normalized spacial score (nSPS) is 17.2. The van der Waals surface area contributed by atoms with E-state index in [9.17, 15) is 9.59 Å². The van der Waals surface area contributed by atoms with E-state index in [1.807, 2.05) is 12.1 Å². The second-order valence-corrected chi connectivity index (χ2v) is 6.33. The fourth-order valence-electron chi connectivity index (χ4n) is 3.30. The largest absolute Gasteiger partial charge is 0.345 e. The molecular formula is C18H18N6O2. The molecule has 132 valence electrons. The van der Waals surface area contributed by atoms with E-state index >= 15 is 0 Å². The molecular weight excluding hydrogens is 332 g/mol. The molecule has 3 aromatic rings.